The third kappa shape index (κ3) is 5.05. The Morgan fingerprint density at radius 1 is 1.03 bits per heavy atom. The predicted molar refractivity (Wildman–Crippen MR) is 124 cm³/mol. The molecule has 1 aromatic carbocycles. The molecule has 0 aliphatic carbocycles. The second-order valence-corrected chi connectivity index (χ2v) is 8.36. The number of aromatic nitrogens is 2. The summed E-state index contributed by atoms with van der Waals surface area (Å²) in [6, 6.07) is 9.85. The van der Waals surface area contributed by atoms with Crippen molar-refractivity contribution in [3.63, 3.8) is 0 Å². The van der Waals surface area contributed by atoms with E-state index in [0.717, 1.165) is 25.9 Å². The van der Waals surface area contributed by atoms with E-state index >= 15 is 0 Å². The van der Waals surface area contributed by atoms with E-state index < -0.39 is 17.8 Å². The fraction of sp³-hybridized carbons (Fsp3) is 0.292. The number of pyridine rings is 2. The fourth-order valence-corrected chi connectivity index (χ4v) is 3.76. The molecule has 1 fully saturated rings. The quantitative estimate of drug-likeness (QED) is 0.426. The number of ketones is 1. The van der Waals surface area contributed by atoms with Crippen LogP contribution in [0.1, 0.15) is 40.5 Å². The maximum Gasteiger partial charge on any atom is 0.255 e. The lowest BCUT2D eigenvalue weighted by atomic mass is 9.80. The van der Waals surface area contributed by atoms with E-state index in [1.54, 1.807) is 36.4 Å². The van der Waals surface area contributed by atoms with Crippen LogP contribution < -0.4 is 16.0 Å². The molecule has 2 amide bonds. The molecule has 0 radical (unpaired) electrons. The van der Waals surface area contributed by atoms with Gasteiger partial charge in [-0.1, -0.05) is 13.0 Å². The molecule has 3 aromatic rings. The molecule has 33 heavy (non-hydrogen) atoms. The molecule has 0 bridgehead atoms. The van der Waals surface area contributed by atoms with Gasteiger partial charge in [0.15, 0.2) is 5.78 Å². The van der Waals surface area contributed by atoms with Crippen LogP contribution in [0.25, 0.3) is 10.9 Å². The minimum Gasteiger partial charge on any atom is -0.388 e. The molecule has 1 aliphatic rings. The number of Topliss-reactive ketones (excluding diaryl/α,β-unsaturated/α-hetero) is 1. The van der Waals surface area contributed by atoms with E-state index in [-0.39, 0.29) is 11.8 Å². The van der Waals surface area contributed by atoms with Crippen molar-refractivity contribution in [3.05, 3.63) is 59.9 Å². The number of nitrogens with zero attached hydrogens (tertiary/aromatic N) is 2. The zero-order valence-electron chi connectivity index (χ0n) is 18.2. The molecule has 170 valence electrons. The zero-order chi connectivity index (χ0) is 23.4. The molecule has 9 heteroatoms. The van der Waals surface area contributed by atoms with Gasteiger partial charge in [0.2, 0.25) is 5.91 Å². The van der Waals surface area contributed by atoms with Crippen LogP contribution in [0.15, 0.2) is 48.8 Å². The van der Waals surface area contributed by atoms with Gasteiger partial charge < -0.3 is 21.1 Å². The Morgan fingerprint density at radius 3 is 2.58 bits per heavy atom. The Kier molecular flexibility index (Phi) is 6.43. The molecular formula is C24H25N5O4. The summed E-state index contributed by atoms with van der Waals surface area (Å²) in [6.45, 7) is 2.96. The number of aliphatic hydroxyl groups excluding tert-OH is 1. The van der Waals surface area contributed by atoms with Crippen LogP contribution >= 0.6 is 0 Å². The summed E-state index contributed by atoms with van der Waals surface area (Å²) in [7, 11) is 0. The van der Waals surface area contributed by atoms with Crippen LogP contribution in [-0.2, 0) is 4.79 Å². The molecule has 2 aromatic heterocycles. The van der Waals surface area contributed by atoms with E-state index in [1.807, 2.05) is 6.92 Å². The SMILES string of the molecule is CC1(C(=O)Nc2cc(NC(=O)c3ccc4cc(C(=O)CO)cnc4c3)ccn2)CCNCC1. The van der Waals surface area contributed by atoms with Crippen molar-refractivity contribution in [2.75, 3.05) is 30.3 Å². The van der Waals surface area contributed by atoms with E-state index in [0.29, 0.717) is 33.5 Å². The van der Waals surface area contributed by atoms with Crippen molar-refractivity contribution in [2.24, 2.45) is 5.41 Å². The van der Waals surface area contributed by atoms with Crippen LogP contribution in [0.2, 0.25) is 0 Å². The number of piperidine rings is 1. The second kappa shape index (κ2) is 9.43. The maximum atomic E-state index is 12.8. The number of hydrogen-bond donors (Lipinski definition) is 4. The van der Waals surface area contributed by atoms with Crippen LogP contribution in [-0.4, -0.2) is 52.4 Å². The number of carbonyl (C=O) groups is 3. The normalized spacial score (nSPS) is 15.1. The third-order valence-electron chi connectivity index (χ3n) is 5.93. The average molecular weight is 447 g/mol. The highest BCUT2D eigenvalue weighted by molar-refractivity contribution is 6.07. The molecule has 4 rings (SSSR count). The first-order valence-corrected chi connectivity index (χ1v) is 10.7. The van der Waals surface area contributed by atoms with Crippen molar-refractivity contribution < 1.29 is 19.5 Å². The number of rotatable bonds is 6. The fourth-order valence-electron chi connectivity index (χ4n) is 3.76. The summed E-state index contributed by atoms with van der Waals surface area (Å²) in [4.78, 5) is 45.6. The number of anilines is 2. The lowest BCUT2D eigenvalue weighted by molar-refractivity contribution is -0.126. The van der Waals surface area contributed by atoms with Crippen molar-refractivity contribution >= 4 is 40.0 Å². The van der Waals surface area contributed by atoms with E-state index in [4.69, 9.17) is 5.11 Å². The zero-order valence-corrected chi connectivity index (χ0v) is 18.2. The molecule has 3 heterocycles. The van der Waals surface area contributed by atoms with Gasteiger partial charge in [0.25, 0.3) is 5.91 Å². The summed E-state index contributed by atoms with van der Waals surface area (Å²) in [6.07, 6.45) is 4.41. The highest BCUT2D eigenvalue weighted by Crippen LogP contribution is 2.29. The van der Waals surface area contributed by atoms with Crippen LogP contribution in [0.5, 0.6) is 0 Å². The lowest BCUT2D eigenvalue weighted by Gasteiger charge is -2.32. The Bertz CT molecular complexity index is 1220. The van der Waals surface area contributed by atoms with Crippen LogP contribution in [0.3, 0.4) is 0 Å². The van der Waals surface area contributed by atoms with Crippen LogP contribution in [0, 0.1) is 5.41 Å². The number of fused-ring (bicyclic) bond motifs is 1. The van der Waals surface area contributed by atoms with Gasteiger partial charge in [-0.15, -0.1) is 0 Å². The van der Waals surface area contributed by atoms with E-state index in [1.165, 1.54) is 12.4 Å². The molecule has 0 saturated carbocycles. The van der Waals surface area contributed by atoms with Gasteiger partial charge in [-0.05, 0) is 50.2 Å². The summed E-state index contributed by atoms with van der Waals surface area (Å²) >= 11 is 0. The molecule has 1 aliphatic heterocycles. The monoisotopic (exact) mass is 447 g/mol. The van der Waals surface area contributed by atoms with Crippen molar-refractivity contribution in [1.29, 1.82) is 0 Å². The first-order chi connectivity index (χ1) is 15.9. The van der Waals surface area contributed by atoms with Gasteiger partial charge in [-0.2, -0.15) is 0 Å². The summed E-state index contributed by atoms with van der Waals surface area (Å²) in [5.41, 5.74) is 1.30. The summed E-state index contributed by atoms with van der Waals surface area (Å²) in [5.74, 6) is -0.470. The highest BCUT2D eigenvalue weighted by atomic mass is 16.3. The third-order valence-corrected chi connectivity index (χ3v) is 5.93. The van der Waals surface area contributed by atoms with E-state index in [9.17, 15) is 14.4 Å². The van der Waals surface area contributed by atoms with Gasteiger partial charge in [-0.25, -0.2) is 4.98 Å². The first kappa shape index (κ1) is 22.5. The Labute approximate surface area is 190 Å². The van der Waals surface area contributed by atoms with Gasteiger partial charge in [0, 0.05) is 46.1 Å². The van der Waals surface area contributed by atoms with Gasteiger partial charge in [-0.3, -0.25) is 19.4 Å². The highest BCUT2D eigenvalue weighted by Gasteiger charge is 2.34. The topological polar surface area (TPSA) is 133 Å². The minimum absolute atomic E-state index is 0.0837. The number of hydrogen-bond acceptors (Lipinski definition) is 7. The summed E-state index contributed by atoms with van der Waals surface area (Å²) in [5, 5.41) is 18.6. The van der Waals surface area contributed by atoms with Crippen LogP contribution in [0.4, 0.5) is 11.5 Å². The van der Waals surface area contributed by atoms with Gasteiger partial charge in [0.05, 0.1) is 5.52 Å². The predicted octanol–water partition coefficient (Wildman–Crippen LogP) is 2.39. The molecule has 0 unspecified atom stereocenters. The maximum absolute atomic E-state index is 12.8. The molecule has 4 N–H and O–H groups in total. The smallest absolute Gasteiger partial charge is 0.255 e. The Hall–Kier alpha value is -3.69. The number of nitrogens with one attached hydrogen (secondary N) is 3. The van der Waals surface area contributed by atoms with E-state index in [2.05, 4.69) is 25.9 Å². The Morgan fingerprint density at radius 2 is 1.82 bits per heavy atom. The summed E-state index contributed by atoms with van der Waals surface area (Å²) < 4.78 is 0. The number of carbonyl (C=O) groups excluding carboxylic acids is 3. The Balaban J connectivity index is 1.46. The minimum atomic E-state index is -0.585. The molecular weight excluding hydrogens is 422 g/mol. The largest absolute Gasteiger partial charge is 0.388 e. The molecule has 0 spiro atoms. The molecule has 0 atom stereocenters. The van der Waals surface area contributed by atoms with Crippen molar-refractivity contribution in [1.82, 2.24) is 15.3 Å². The lowest BCUT2D eigenvalue weighted by Crippen LogP contribution is -2.42. The average Bonchev–Trinajstić information content (AvgIpc) is 2.83. The van der Waals surface area contributed by atoms with Crippen molar-refractivity contribution in [3.8, 4) is 0 Å². The number of aliphatic hydroxyl groups is 1. The molecule has 9 nitrogen and oxygen atoms in total. The van der Waals surface area contributed by atoms with Crippen molar-refractivity contribution in [2.45, 2.75) is 19.8 Å². The molecule has 1 saturated heterocycles. The first-order valence-electron chi connectivity index (χ1n) is 10.7. The van der Waals surface area contributed by atoms with Gasteiger partial charge >= 0.3 is 0 Å². The van der Waals surface area contributed by atoms with Gasteiger partial charge in [0.1, 0.15) is 12.4 Å². The second-order valence-electron chi connectivity index (χ2n) is 8.36. The number of amides is 2. The standard InChI is InChI=1S/C24H25N5O4/c1-24(5-8-25-9-6-24)23(33)29-21-12-18(4-7-26-21)28-22(32)16-3-2-15-10-17(20(31)14-30)13-27-19(15)11-16/h2-4,7,10-13,25,30H,5-6,8-9,14H2,1H3,(H2,26,28,29,32,33). The number of benzene rings is 1.